The number of benzene rings is 1. The van der Waals surface area contributed by atoms with Crippen molar-refractivity contribution in [3.05, 3.63) is 35.4 Å². The first kappa shape index (κ1) is 12.5. The van der Waals surface area contributed by atoms with E-state index in [1.54, 1.807) is 0 Å². The molecule has 0 radical (unpaired) electrons. The van der Waals surface area contributed by atoms with E-state index in [1.165, 1.54) is 24.2 Å². The zero-order valence-corrected chi connectivity index (χ0v) is 10.7. The van der Waals surface area contributed by atoms with E-state index < -0.39 is 0 Å². The Kier molecular flexibility index (Phi) is 5.73. The highest BCUT2D eigenvalue weighted by molar-refractivity contribution is 7.98. The van der Waals surface area contributed by atoms with Crippen molar-refractivity contribution in [2.24, 2.45) is 5.73 Å². The second-order valence-corrected chi connectivity index (χ2v) is 5.02. The molecule has 0 bridgehead atoms. The van der Waals surface area contributed by atoms with Crippen LogP contribution in [0.1, 0.15) is 30.9 Å². The molecule has 0 fully saturated rings. The monoisotopic (exact) mass is 239 g/mol. The van der Waals surface area contributed by atoms with Crippen molar-refractivity contribution in [2.75, 3.05) is 5.75 Å². The molecule has 0 unspecified atom stereocenters. The predicted molar refractivity (Wildman–Crippen MR) is 73.4 cm³/mol. The molecule has 1 aromatic rings. The number of hydrogen-bond donors (Lipinski definition) is 1. The van der Waals surface area contributed by atoms with Crippen LogP contribution >= 0.6 is 24.0 Å². The molecule has 0 saturated heterocycles. The van der Waals surface area contributed by atoms with Crippen LogP contribution in [0.4, 0.5) is 0 Å². The molecule has 0 aliphatic rings. The summed E-state index contributed by atoms with van der Waals surface area (Å²) >= 11 is 6.91. The maximum absolute atomic E-state index is 5.58. The van der Waals surface area contributed by atoms with Crippen LogP contribution in [0.25, 0.3) is 0 Å². The van der Waals surface area contributed by atoms with Crippen molar-refractivity contribution in [3.63, 3.8) is 0 Å². The molecule has 1 nitrogen and oxygen atoms in total. The summed E-state index contributed by atoms with van der Waals surface area (Å²) in [6.45, 7) is 2.22. The third-order valence-corrected chi connectivity index (χ3v) is 3.47. The van der Waals surface area contributed by atoms with Gasteiger partial charge in [-0.1, -0.05) is 43.8 Å². The van der Waals surface area contributed by atoms with E-state index in [0.29, 0.717) is 4.99 Å². The van der Waals surface area contributed by atoms with Crippen molar-refractivity contribution in [3.8, 4) is 0 Å². The van der Waals surface area contributed by atoms with E-state index in [0.717, 1.165) is 11.3 Å². The number of thiocarbonyl (C=S) groups is 1. The summed E-state index contributed by atoms with van der Waals surface area (Å²) in [6, 6.07) is 8.19. The fourth-order valence-corrected chi connectivity index (χ4v) is 2.43. The number of unbranched alkanes of at least 4 members (excludes halogenated alkanes) is 1. The first-order valence-electron chi connectivity index (χ1n) is 5.20. The fraction of sp³-hybridized carbons (Fsp3) is 0.417. The molecule has 2 N–H and O–H groups in total. The highest BCUT2D eigenvalue weighted by atomic mass is 32.2. The minimum absolute atomic E-state index is 0.482. The molecule has 0 aliphatic heterocycles. The summed E-state index contributed by atoms with van der Waals surface area (Å²) in [6.07, 6.45) is 2.56. The van der Waals surface area contributed by atoms with Crippen LogP contribution in [0.15, 0.2) is 24.3 Å². The highest BCUT2D eigenvalue weighted by Crippen LogP contribution is 2.15. The quantitative estimate of drug-likeness (QED) is 0.609. The van der Waals surface area contributed by atoms with Crippen LogP contribution in [0, 0.1) is 0 Å². The number of nitrogens with two attached hydrogens (primary N) is 1. The van der Waals surface area contributed by atoms with E-state index >= 15 is 0 Å². The van der Waals surface area contributed by atoms with Gasteiger partial charge in [-0.05, 0) is 23.8 Å². The molecule has 82 valence electrons. The maximum atomic E-state index is 5.58. The van der Waals surface area contributed by atoms with E-state index in [4.69, 9.17) is 18.0 Å². The van der Waals surface area contributed by atoms with Crippen LogP contribution in [-0.2, 0) is 5.75 Å². The molecule has 0 aliphatic carbocycles. The first-order chi connectivity index (χ1) is 7.24. The Bertz CT molecular complexity index is 323. The molecule has 0 saturated carbocycles. The summed E-state index contributed by atoms with van der Waals surface area (Å²) in [4.78, 5) is 0.482. The van der Waals surface area contributed by atoms with E-state index in [1.807, 2.05) is 23.9 Å². The van der Waals surface area contributed by atoms with E-state index in [-0.39, 0.29) is 0 Å². The second-order valence-electron chi connectivity index (χ2n) is 3.47. The first-order valence-corrected chi connectivity index (χ1v) is 6.77. The summed E-state index contributed by atoms with van der Waals surface area (Å²) in [5, 5.41) is 0. The SMILES string of the molecule is CCCCSCc1cccc(C(N)=S)c1. The molecule has 3 heteroatoms. The number of rotatable bonds is 6. The number of hydrogen-bond acceptors (Lipinski definition) is 2. The topological polar surface area (TPSA) is 26.0 Å². The van der Waals surface area contributed by atoms with Gasteiger partial charge in [-0.3, -0.25) is 0 Å². The highest BCUT2D eigenvalue weighted by Gasteiger charge is 1.98. The van der Waals surface area contributed by atoms with Gasteiger partial charge < -0.3 is 5.73 Å². The van der Waals surface area contributed by atoms with E-state index in [2.05, 4.69) is 19.1 Å². The van der Waals surface area contributed by atoms with Gasteiger partial charge in [0.05, 0.1) is 0 Å². The van der Waals surface area contributed by atoms with Gasteiger partial charge in [0.25, 0.3) is 0 Å². The Morgan fingerprint density at radius 2 is 2.27 bits per heavy atom. The van der Waals surface area contributed by atoms with Crippen molar-refractivity contribution >= 4 is 29.0 Å². The molecular weight excluding hydrogens is 222 g/mol. The molecule has 15 heavy (non-hydrogen) atoms. The molecule has 1 rings (SSSR count). The fourth-order valence-electron chi connectivity index (χ4n) is 1.25. The van der Waals surface area contributed by atoms with Crippen LogP contribution in [-0.4, -0.2) is 10.7 Å². The van der Waals surface area contributed by atoms with Gasteiger partial charge >= 0.3 is 0 Å². The van der Waals surface area contributed by atoms with Crippen molar-refractivity contribution in [2.45, 2.75) is 25.5 Å². The van der Waals surface area contributed by atoms with Gasteiger partial charge in [0, 0.05) is 11.3 Å². The molecule has 0 aromatic heterocycles. The third-order valence-electron chi connectivity index (χ3n) is 2.12. The van der Waals surface area contributed by atoms with Gasteiger partial charge in [0.15, 0.2) is 0 Å². The summed E-state index contributed by atoms with van der Waals surface area (Å²) in [5.74, 6) is 2.28. The Labute approximate surface area is 101 Å². The lowest BCUT2D eigenvalue weighted by molar-refractivity contribution is 0.896. The van der Waals surface area contributed by atoms with Crippen molar-refractivity contribution < 1.29 is 0 Å². The lowest BCUT2D eigenvalue weighted by Gasteiger charge is -2.03. The lowest BCUT2D eigenvalue weighted by atomic mass is 10.1. The van der Waals surface area contributed by atoms with Crippen LogP contribution in [0.3, 0.4) is 0 Å². The van der Waals surface area contributed by atoms with E-state index in [9.17, 15) is 0 Å². The molecule has 1 aromatic carbocycles. The Morgan fingerprint density at radius 1 is 1.47 bits per heavy atom. The predicted octanol–water partition coefficient (Wildman–Crippen LogP) is 3.35. The summed E-state index contributed by atoms with van der Waals surface area (Å²) in [7, 11) is 0. The number of thioether (sulfide) groups is 1. The minimum atomic E-state index is 0.482. The maximum Gasteiger partial charge on any atom is 0.103 e. The molecule has 0 amide bonds. The van der Waals surface area contributed by atoms with Crippen molar-refractivity contribution in [1.29, 1.82) is 0 Å². The van der Waals surface area contributed by atoms with Gasteiger partial charge in [-0.15, -0.1) is 0 Å². The smallest absolute Gasteiger partial charge is 0.103 e. The normalized spacial score (nSPS) is 10.2. The zero-order valence-electron chi connectivity index (χ0n) is 9.03. The molecule has 0 spiro atoms. The Morgan fingerprint density at radius 3 is 2.93 bits per heavy atom. The lowest BCUT2D eigenvalue weighted by Crippen LogP contribution is -2.09. The average Bonchev–Trinajstić information content (AvgIpc) is 2.25. The van der Waals surface area contributed by atoms with Crippen LogP contribution < -0.4 is 5.73 Å². The van der Waals surface area contributed by atoms with Crippen molar-refractivity contribution in [1.82, 2.24) is 0 Å². The second kappa shape index (κ2) is 6.85. The van der Waals surface area contributed by atoms with Gasteiger partial charge in [-0.2, -0.15) is 11.8 Å². The minimum Gasteiger partial charge on any atom is -0.389 e. The average molecular weight is 239 g/mol. The standard InChI is InChI=1S/C12H17NS2/c1-2-3-7-15-9-10-5-4-6-11(8-10)12(13)14/h4-6,8H,2-3,7,9H2,1H3,(H2,13,14). The Hall–Kier alpha value is -0.540. The third kappa shape index (κ3) is 4.67. The summed E-state index contributed by atoms with van der Waals surface area (Å²) < 4.78 is 0. The van der Waals surface area contributed by atoms with Crippen LogP contribution in [0.5, 0.6) is 0 Å². The summed E-state index contributed by atoms with van der Waals surface area (Å²) in [5.41, 5.74) is 7.86. The largest absolute Gasteiger partial charge is 0.389 e. The molecular formula is C12H17NS2. The molecule has 0 heterocycles. The Balaban J connectivity index is 2.47. The molecule has 0 atom stereocenters. The van der Waals surface area contributed by atoms with Crippen LogP contribution in [0.2, 0.25) is 0 Å². The van der Waals surface area contributed by atoms with Gasteiger partial charge in [0.1, 0.15) is 4.99 Å². The van der Waals surface area contributed by atoms with Gasteiger partial charge in [-0.25, -0.2) is 0 Å². The zero-order chi connectivity index (χ0) is 11.1. The van der Waals surface area contributed by atoms with Gasteiger partial charge in [0.2, 0.25) is 0 Å².